The monoisotopic (exact) mass is 354 g/mol. The van der Waals surface area contributed by atoms with Crippen molar-refractivity contribution in [3.05, 3.63) is 34.4 Å². The second-order valence-corrected chi connectivity index (χ2v) is 8.24. The minimum atomic E-state index is 0.426. The van der Waals surface area contributed by atoms with Gasteiger partial charge in [0.15, 0.2) is 0 Å². The maximum atomic E-state index is 2.77. The number of hydrogen-bond donors (Lipinski definition) is 0. The van der Waals surface area contributed by atoms with Crippen LogP contribution >= 0.6 is 22.6 Å². The lowest BCUT2D eigenvalue weighted by molar-refractivity contribution is 0.406. The van der Waals surface area contributed by atoms with Gasteiger partial charge in [0.25, 0.3) is 0 Å². The van der Waals surface area contributed by atoms with Crippen LogP contribution in [0.2, 0.25) is 0 Å². The van der Waals surface area contributed by atoms with Gasteiger partial charge in [0.1, 0.15) is 0 Å². The van der Waals surface area contributed by atoms with Gasteiger partial charge in [0.05, 0.1) is 0 Å². The lowest BCUT2D eigenvalue weighted by Gasteiger charge is -2.42. The average Bonchev–Trinajstić information content (AvgIpc) is 2.36. The van der Waals surface area contributed by atoms with E-state index < -0.39 is 0 Å². The first-order valence-electron chi connectivity index (χ1n) is 7.47. The van der Waals surface area contributed by atoms with Gasteiger partial charge in [-0.15, -0.1) is 0 Å². The number of rotatable bonds is 2. The normalized spacial score (nSPS) is 30.1. The molecule has 1 aromatic rings. The Labute approximate surface area is 125 Å². The van der Waals surface area contributed by atoms with Gasteiger partial charge in [-0.1, -0.05) is 48.1 Å². The average molecular weight is 354 g/mol. The van der Waals surface area contributed by atoms with Crippen molar-refractivity contribution in [3.8, 4) is 0 Å². The van der Waals surface area contributed by atoms with Gasteiger partial charge in [0, 0.05) is 3.42 Å². The van der Waals surface area contributed by atoms with Crippen molar-refractivity contribution in [2.24, 2.45) is 0 Å². The van der Waals surface area contributed by atoms with Crippen LogP contribution < -0.4 is 0 Å². The van der Waals surface area contributed by atoms with Gasteiger partial charge in [-0.3, -0.25) is 0 Å². The number of halogens is 1. The Kier molecular flexibility index (Phi) is 3.46. The van der Waals surface area contributed by atoms with Crippen LogP contribution in [0.25, 0.3) is 0 Å². The first kappa shape index (κ1) is 13.0. The van der Waals surface area contributed by atoms with Crippen molar-refractivity contribution in [2.45, 2.75) is 68.1 Å². The largest absolute Gasteiger partial charge is 0.0736 e. The highest BCUT2D eigenvalue weighted by molar-refractivity contribution is 14.1. The zero-order valence-corrected chi connectivity index (χ0v) is 13.7. The van der Waals surface area contributed by atoms with E-state index in [4.69, 9.17) is 0 Å². The Morgan fingerprint density at radius 2 is 2.17 bits per heavy atom. The molecule has 2 aliphatic rings. The molecule has 1 aromatic carbocycles. The molecule has 0 nitrogen and oxygen atoms in total. The minimum Gasteiger partial charge on any atom is -0.0736 e. The summed E-state index contributed by atoms with van der Waals surface area (Å²) in [5, 5.41) is 0. The van der Waals surface area contributed by atoms with Crippen LogP contribution in [0.4, 0.5) is 0 Å². The molecular formula is C17H23I. The predicted molar refractivity (Wildman–Crippen MR) is 86.7 cm³/mol. The third-order valence-electron chi connectivity index (χ3n) is 4.93. The van der Waals surface area contributed by atoms with E-state index in [0.29, 0.717) is 3.42 Å². The Hall–Kier alpha value is -0.0500. The van der Waals surface area contributed by atoms with Crippen LogP contribution in [0.5, 0.6) is 0 Å². The summed E-state index contributed by atoms with van der Waals surface area (Å²) in [6.07, 6.45) is 9.62. The molecular weight excluding hydrogens is 331 g/mol. The molecule has 0 amide bonds. The molecule has 0 spiro atoms. The van der Waals surface area contributed by atoms with Crippen LogP contribution in [0, 0.1) is 6.92 Å². The van der Waals surface area contributed by atoms with E-state index in [9.17, 15) is 0 Å². The Morgan fingerprint density at radius 1 is 1.33 bits per heavy atom. The second kappa shape index (κ2) is 4.81. The Balaban J connectivity index is 2.19. The molecule has 0 heterocycles. The zero-order valence-electron chi connectivity index (χ0n) is 11.6. The van der Waals surface area contributed by atoms with Gasteiger partial charge in [0.2, 0.25) is 0 Å². The van der Waals surface area contributed by atoms with E-state index in [1.807, 2.05) is 0 Å². The van der Waals surface area contributed by atoms with Gasteiger partial charge in [-0.05, 0) is 73.6 Å². The SMILES string of the molecule is CCC[C@]1(I)CCC2CCCc3ccc(C)c1c32. The van der Waals surface area contributed by atoms with E-state index in [1.54, 1.807) is 22.3 Å². The zero-order chi connectivity index (χ0) is 12.8. The molecule has 1 unspecified atom stereocenters. The standard InChI is InChI=1S/C17H23I/c1-3-10-17(18)11-9-14-6-4-5-13-8-7-12(2)16(17)15(13)14/h7-8,14H,3-6,9-11H2,1-2H3/t14?,17-/m0/s1. The predicted octanol–water partition coefficient (Wildman–Crippen LogP) is 5.64. The fourth-order valence-corrected chi connectivity index (χ4v) is 5.76. The molecule has 0 N–H and O–H groups in total. The molecule has 0 aromatic heterocycles. The topological polar surface area (TPSA) is 0 Å². The van der Waals surface area contributed by atoms with Crippen molar-refractivity contribution >= 4 is 22.6 Å². The second-order valence-electron chi connectivity index (χ2n) is 6.17. The van der Waals surface area contributed by atoms with E-state index in [0.717, 1.165) is 5.92 Å². The van der Waals surface area contributed by atoms with Crippen molar-refractivity contribution in [3.63, 3.8) is 0 Å². The molecule has 0 saturated carbocycles. The van der Waals surface area contributed by atoms with Crippen LogP contribution in [0.3, 0.4) is 0 Å². The number of benzene rings is 1. The lowest BCUT2D eigenvalue weighted by Crippen LogP contribution is -2.30. The summed E-state index contributed by atoms with van der Waals surface area (Å²) < 4.78 is 0.426. The van der Waals surface area contributed by atoms with Crippen LogP contribution in [-0.2, 0) is 9.84 Å². The summed E-state index contributed by atoms with van der Waals surface area (Å²) in [5.41, 5.74) is 6.72. The quantitative estimate of drug-likeness (QED) is 0.476. The van der Waals surface area contributed by atoms with Crippen LogP contribution in [0.15, 0.2) is 12.1 Å². The van der Waals surface area contributed by atoms with Crippen molar-refractivity contribution in [1.82, 2.24) is 0 Å². The molecule has 0 saturated heterocycles. The molecule has 1 heteroatoms. The van der Waals surface area contributed by atoms with Crippen molar-refractivity contribution in [1.29, 1.82) is 0 Å². The maximum absolute atomic E-state index is 2.77. The molecule has 0 bridgehead atoms. The van der Waals surface area contributed by atoms with E-state index >= 15 is 0 Å². The van der Waals surface area contributed by atoms with Gasteiger partial charge >= 0.3 is 0 Å². The van der Waals surface area contributed by atoms with Crippen LogP contribution in [-0.4, -0.2) is 0 Å². The van der Waals surface area contributed by atoms with E-state index in [1.165, 1.54) is 44.9 Å². The number of hydrogen-bond acceptors (Lipinski definition) is 0. The third-order valence-corrected chi connectivity index (χ3v) is 6.55. The highest BCUT2D eigenvalue weighted by Crippen LogP contribution is 2.54. The number of aryl methyl sites for hydroxylation is 2. The minimum absolute atomic E-state index is 0.426. The fourth-order valence-electron chi connectivity index (χ4n) is 4.20. The molecule has 0 aliphatic heterocycles. The highest BCUT2D eigenvalue weighted by atomic mass is 127. The van der Waals surface area contributed by atoms with Gasteiger partial charge in [-0.25, -0.2) is 0 Å². The molecule has 0 radical (unpaired) electrons. The molecule has 0 fully saturated rings. The Morgan fingerprint density at radius 3 is 2.94 bits per heavy atom. The number of alkyl halides is 1. The summed E-state index contributed by atoms with van der Waals surface area (Å²) in [6.45, 7) is 4.66. The smallest absolute Gasteiger partial charge is 0.0476 e. The summed E-state index contributed by atoms with van der Waals surface area (Å²) in [6, 6.07) is 4.79. The van der Waals surface area contributed by atoms with E-state index in [-0.39, 0.29) is 0 Å². The highest BCUT2D eigenvalue weighted by Gasteiger charge is 2.40. The lowest BCUT2D eigenvalue weighted by atomic mass is 9.67. The molecule has 3 rings (SSSR count). The van der Waals surface area contributed by atoms with Gasteiger partial charge in [-0.2, -0.15) is 0 Å². The summed E-state index contributed by atoms with van der Waals surface area (Å²) in [7, 11) is 0. The fraction of sp³-hybridized carbons (Fsp3) is 0.647. The first-order valence-corrected chi connectivity index (χ1v) is 8.55. The Bertz CT molecular complexity index is 463. The van der Waals surface area contributed by atoms with Crippen molar-refractivity contribution < 1.29 is 0 Å². The van der Waals surface area contributed by atoms with Crippen molar-refractivity contribution in [2.75, 3.05) is 0 Å². The third kappa shape index (κ3) is 1.93. The molecule has 98 valence electrons. The van der Waals surface area contributed by atoms with Gasteiger partial charge < -0.3 is 0 Å². The first-order chi connectivity index (χ1) is 8.65. The molecule has 2 atom stereocenters. The van der Waals surface area contributed by atoms with E-state index in [2.05, 4.69) is 48.6 Å². The maximum Gasteiger partial charge on any atom is 0.0476 e. The summed E-state index contributed by atoms with van der Waals surface area (Å²) in [5.74, 6) is 0.878. The summed E-state index contributed by atoms with van der Waals surface area (Å²) >= 11 is 2.77. The molecule has 18 heavy (non-hydrogen) atoms. The summed E-state index contributed by atoms with van der Waals surface area (Å²) in [4.78, 5) is 0. The molecule has 2 aliphatic carbocycles. The van der Waals surface area contributed by atoms with Crippen LogP contribution in [0.1, 0.15) is 73.6 Å².